The van der Waals surface area contributed by atoms with Crippen molar-refractivity contribution >= 4 is 0 Å². The second kappa shape index (κ2) is 4.00. The van der Waals surface area contributed by atoms with Crippen LogP contribution in [0.25, 0.3) is 0 Å². The third-order valence-electron chi connectivity index (χ3n) is 1.90. The van der Waals surface area contributed by atoms with Gasteiger partial charge in [0, 0.05) is 0 Å². The van der Waals surface area contributed by atoms with E-state index >= 15 is 0 Å². The molecule has 0 atom stereocenters. The molecule has 0 aliphatic rings. The number of phenols is 1. The van der Waals surface area contributed by atoms with Gasteiger partial charge in [-0.2, -0.15) is 0 Å². The van der Waals surface area contributed by atoms with Crippen molar-refractivity contribution in [1.29, 1.82) is 0 Å². The predicted molar refractivity (Wildman–Crippen MR) is 54.6 cm³/mol. The van der Waals surface area contributed by atoms with Crippen LogP contribution in [0.4, 0.5) is 4.39 Å². The molecule has 76 valence electrons. The lowest BCUT2D eigenvalue weighted by Crippen LogP contribution is -1.86. The fraction of sp³-hybridized carbons (Fsp3) is 0. The molecular weight excluding hydrogens is 195 g/mol. The van der Waals surface area contributed by atoms with E-state index < -0.39 is 5.82 Å². The minimum atomic E-state index is -0.412. The van der Waals surface area contributed by atoms with Crippen molar-refractivity contribution in [3.63, 3.8) is 0 Å². The Kier molecular flexibility index (Phi) is 2.54. The molecule has 0 aliphatic heterocycles. The second-order valence-corrected chi connectivity index (χ2v) is 3.03. The number of aromatic hydroxyl groups is 1. The maximum absolute atomic E-state index is 13.2. The van der Waals surface area contributed by atoms with Crippen LogP contribution in [-0.4, -0.2) is 5.11 Å². The third-order valence-corrected chi connectivity index (χ3v) is 1.90. The number of hydrogen-bond donors (Lipinski definition) is 1. The number of hydrogen-bond acceptors (Lipinski definition) is 2. The van der Waals surface area contributed by atoms with Gasteiger partial charge < -0.3 is 9.84 Å². The Morgan fingerprint density at radius 3 is 2.27 bits per heavy atom. The van der Waals surface area contributed by atoms with Crippen molar-refractivity contribution in [3.05, 3.63) is 54.3 Å². The van der Waals surface area contributed by atoms with Gasteiger partial charge in [0.1, 0.15) is 11.5 Å². The highest BCUT2D eigenvalue weighted by atomic mass is 19.1. The Labute approximate surface area is 86.6 Å². The maximum atomic E-state index is 13.2. The summed E-state index contributed by atoms with van der Waals surface area (Å²) in [6.07, 6.45) is 0. The van der Waals surface area contributed by atoms with Gasteiger partial charge in [0.05, 0.1) is 0 Å². The van der Waals surface area contributed by atoms with Crippen molar-refractivity contribution in [2.45, 2.75) is 0 Å². The van der Waals surface area contributed by atoms with Gasteiger partial charge in [-0.25, -0.2) is 4.39 Å². The van der Waals surface area contributed by atoms with Crippen LogP contribution in [0, 0.1) is 5.82 Å². The first-order valence-electron chi connectivity index (χ1n) is 4.47. The van der Waals surface area contributed by atoms with Crippen LogP contribution in [0.15, 0.2) is 48.5 Å². The molecule has 1 N–H and O–H groups in total. The molecule has 2 aromatic carbocycles. The van der Waals surface area contributed by atoms with Crippen LogP contribution in [0.1, 0.15) is 0 Å². The molecule has 3 heteroatoms. The Bertz CT molecular complexity index is 451. The first kappa shape index (κ1) is 9.52. The summed E-state index contributed by atoms with van der Waals surface area (Å²) in [7, 11) is 0. The topological polar surface area (TPSA) is 29.5 Å². The third kappa shape index (κ3) is 2.26. The van der Waals surface area contributed by atoms with E-state index in [4.69, 9.17) is 9.84 Å². The molecule has 0 fully saturated rings. The summed E-state index contributed by atoms with van der Waals surface area (Å²) < 4.78 is 18.5. The monoisotopic (exact) mass is 204 g/mol. The molecule has 2 aromatic rings. The smallest absolute Gasteiger partial charge is 0.165 e. The van der Waals surface area contributed by atoms with E-state index in [-0.39, 0.29) is 11.5 Å². The molecular formula is C12H9FO2. The van der Waals surface area contributed by atoms with Crippen molar-refractivity contribution in [2.75, 3.05) is 0 Å². The molecule has 2 rings (SSSR count). The Morgan fingerprint density at radius 2 is 1.60 bits per heavy atom. The molecule has 0 spiro atoms. The van der Waals surface area contributed by atoms with Gasteiger partial charge in [-0.3, -0.25) is 0 Å². The van der Waals surface area contributed by atoms with Crippen molar-refractivity contribution in [1.82, 2.24) is 0 Å². The van der Waals surface area contributed by atoms with Gasteiger partial charge in [-0.1, -0.05) is 12.1 Å². The number of benzene rings is 2. The van der Waals surface area contributed by atoms with Gasteiger partial charge in [-0.15, -0.1) is 0 Å². The second-order valence-electron chi connectivity index (χ2n) is 3.03. The summed E-state index contributed by atoms with van der Waals surface area (Å²) in [6.45, 7) is 0. The Hall–Kier alpha value is -2.03. The fourth-order valence-electron chi connectivity index (χ4n) is 1.17. The minimum absolute atomic E-state index is 0.149. The molecule has 2 nitrogen and oxygen atoms in total. The van der Waals surface area contributed by atoms with E-state index in [9.17, 15) is 4.39 Å². The molecule has 15 heavy (non-hydrogen) atoms. The van der Waals surface area contributed by atoms with E-state index in [2.05, 4.69) is 0 Å². The van der Waals surface area contributed by atoms with Crippen LogP contribution in [0.2, 0.25) is 0 Å². The highest BCUT2D eigenvalue weighted by molar-refractivity contribution is 5.35. The van der Waals surface area contributed by atoms with Crippen molar-refractivity contribution < 1.29 is 14.2 Å². The number of para-hydroxylation sites is 1. The first-order chi connectivity index (χ1) is 7.25. The minimum Gasteiger partial charge on any atom is -0.508 e. The van der Waals surface area contributed by atoms with E-state index in [1.165, 1.54) is 18.2 Å². The van der Waals surface area contributed by atoms with Crippen molar-refractivity contribution in [3.8, 4) is 17.2 Å². The quantitative estimate of drug-likeness (QED) is 0.813. The van der Waals surface area contributed by atoms with E-state index in [0.717, 1.165) is 0 Å². The number of rotatable bonds is 2. The zero-order valence-electron chi connectivity index (χ0n) is 7.85. The summed E-state index contributed by atoms with van der Waals surface area (Å²) in [4.78, 5) is 0. The lowest BCUT2D eigenvalue weighted by atomic mass is 10.3. The first-order valence-corrected chi connectivity index (χ1v) is 4.47. The molecule has 0 bridgehead atoms. The molecule has 0 unspecified atom stereocenters. The predicted octanol–water partition coefficient (Wildman–Crippen LogP) is 3.32. The Morgan fingerprint density at radius 1 is 0.933 bits per heavy atom. The molecule has 0 saturated heterocycles. The number of halogens is 1. The van der Waals surface area contributed by atoms with Gasteiger partial charge in [-0.05, 0) is 36.4 Å². The fourth-order valence-corrected chi connectivity index (χ4v) is 1.17. The van der Waals surface area contributed by atoms with Crippen LogP contribution in [0.3, 0.4) is 0 Å². The molecule has 0 aliphatic carbocycles. The summed E-state index contributed by atoms with van der Waals surface area (Å²) in [5, 5.41) is 9.05. The number of phenolic OH excluding ortho intramolecular Hbond substituents is 1. The normalized spacial score (nSPS) is 9.93. The standard InChI is InChI=1S/C12H9FO2/c13-11-3-1-2-4-12(11)15-10-7-5-9(14)6-8-10/h1-8,14H. The lowest BCUT2D eigenvalue weighted by molar-refractivity contribution is 0.438. The SMILES string of the molecule is Oc1ccc(Oc2ccccc2F)cc1. The van der Waals surface area contributed by atoms with E-state index in [0.29, 0.717) is 5.75 Å². The highest BCUT2D eigenvalue weighted by Gasteiger charge is 2.02. The average Bonchev–Trinajstić information content (AvgIpc) is 2.25. The van der Waals surface area contributed by atoms with Gasteiger partial charge >= 0.3 is 0 Å². The van der Waals surface area contributed by atoms with Crippen LogP contribution in [0.5, 0.6) is 17.2 Å². The zero-order valence-corrected chi connectivity index (χ0v) is 7.85. The number of ether oxygens (including phenoxy) is 1. The Balaban J connectivity index is 2.22. The summed E-state index contributed by atoms with van der Waals surface area (Å²) in [5.74, 6) is 0.391. The summed E-state index contributed by atoms with van der Waals surface area (Å²) in [5.41, 5.74) is 0. The average molecular weight is 204 g/mol. The molecule has 0 saturated carbocycles. The van der Waals surface area contributed by atoms with E-state index in [1.54, 1.807) is 30.3 Å². The zero-order chi connectivity index (χ0) is 10.7. The summed E-state index contributed by atoms with van der Waals surface area (Å²) >= 11 is 0. The highest BCUT2D eigenvalue weighted by Crippen LogP contribution is 2.25. The molecule has 0 radical (unpaired) electrons. The van der Waals surface area contributed by atoms with Gasteiger partial charge in [0.25, 0.3) is 0 Å². The lowest BCUT2D eigenvalue weighted by Gasteiger charge is -2.05. The van der Waals surface area contributed by atoms with Crippen molar-refractivity contribution in [2.24, 2.45) is 0 Å². The maximum Gasteiger partial charge on any atom is 0.165 e. The molecule has 0 amide bonds. The van der Waals surface area contributed by atoms with E-state index in [1.807, 2.05) is 0 Å². The van der Waals surface area contributed by atoms with Gasteiger partial charge in [0.2, 0.25) is 0 Å². The van der Waals surface area contributed by atoms with Crippen LogP contribution < -0.4 is 4.74 Å². The van der Waals surface area contributed by atoms with Crippen LogP contribution >= 0.6 is 0 Å². The van der Waals surface area contributed by atoms with Gasteiger partial charge in [0.15, 0.2) is 11.6 Å². The van der Waals surface area contributed by atoms with Crippen LogP contribution in [-0.2, 0) is 0 Å². The molecule has 0 aromatic heterocycles. The summed E-state index contributed by atoms with van der Waals surface area (Å²) in [6, 6.07) is 12.3. The largest absolute Gasteiger partial charge is 0.508 e. The molecule has 0 heterocycles.